The number of aliphatic hydroxyl groups is 1. The van der Waals surface area contributed by atoms with Crippen molar-refractivity contribution in [3.63, 3.8) is 0 Å². The average molecular weight is 315 g/mol. The van der Waals surface area contributed by atoms with Crippen molar-refractivity contribution in [2.75, 3.05) is 31.8 Å². The summed E-state index contributed by atoms with van der Waals surface area (Å²) in [6.07, 6.45) is 3.44. The molecule has 1 aliphatic heterocycles. The van der Waals surface area contributed by atoms with Crippen LogP contribution in [0.2, 0.25) is 0 Å². The van der Waals surface area contributed by atoms with Gasteiger partial charge in [-0.1, -0.05) is 6.08 Å². The van der Waals surface area contributed by atoms with E-state index in [1.165, 1.54) is 24.3 Å². The van der Waals surface area contributed by atoms with Crippen molar-refractivity contribution in [1.29, 1.82) is 0 Å². The number of methoxy groups -OCH3 is 1. The lowest BCUT2D eigenvalue weighted by atomic mass is 10.3. The first-order valence-corrected chi connectivity index (χ1v) is 7.63. The summed E-state index contributed by atoms with van der Waals surface area (Å²) < 4.78 is 37.4. The summed E-state index contributed by atoms with van der Waals surface area (Å²) in [7, 11) is -3.00. The molecule has 0 fully saturated rings. The Morgan fingerprint density at radius 1 is 1.43 bits per heavy atom. The number of anilines is 1. The van der Waals surface area contributed by atoms with Gasteiger partial charge in [-0.05, 0) is 12.1 Å². The molecule has 0 aromatic heterocycles. The Morgan fingerprint density at radius 2 is 2.19 bits per heavy atom. The van der Waals surface area contributed by atoms with Gasteiger partial charge in [-0.15, -0.1) is 0 Å². The number of ether oxygens (including phenoxy) is 1. The highest BCUT2D eigenvalue weighted by Gasteiger charge is 2.22. The highest BCUT2D eigenvalue weighted by atomic mass is 32.2. The van der Waals surface area contributed by atoms with E-state index in [-0.39, 0.29) is 17.2 Å². The molecule has 1 heterocycles. The highest BCUT2D eigenvalue weighted by molar-refractivity contribution is 7.86. The molecule has 8 nitrogen and oxygen atoms in total. The Balaban J connectivity index is 2.39. The predicted octanol–water partition coefficient (Wildman–Crippen LogP) is -0.0105. The Labute approximate surface area is 122 Å². The zero-order chi connectivity index (χ0) is 15.5. The molecule has 1 aromatic rings. The molecule has 0 saturated heterocycles. The third-order valence-electron chi connectivity index (χ3n) is 2.90. The van der Waals surface area contributed by atoms with Crippen molar-refractivity contribution < 1.29 is 22.8 Å². The van der Waals surface area contributed by atoms with Gasteiger partial charge in [-0.3, -0.25) is 9.56 Å². The van der Waals surface area contributed by atoms with Gasteiger partial charge >= 0.3 is 0 Å². The minimum absolute atomic E-state index is 0.0392. The second-order valence-corrected chi connectivity index (χ2v) is 5.72. The maximum Gasteiger partial charge on any atom is 0.296 e. The zero-order valence-electron chi connectivity index (χ0n) is 11.4. The minimum atomic E-state index is -4.41. The smallest absolute Gasteiger partial charge is 0.296 e. The van der Waals surface area contributed by atoms with Crippen LogP contribution >= 0.6 is 0 Å². The van der Waals surface area contributed by atoms with E-state index in [4.69, 9.17) is 9.84 Å². The van der Waals surface area contributed by atoms with Crippen LogP contribution in [-0.4, -0.2) is 49.9 Å². The van der Waals surface area contributed by atoms with Crippen LogP contribution in [0.4, 0.5) is 5.69 Å². The number of hydrazine groups is 2. The number of nitrogens with one attached hydrogen (secondary N) is 1. The van der Waals surface area contributed by atoms with E-state index in [2.05, 4.69) is 5.53 Å². The zero-order valence-corrected chi connectivity index (χ0v) is 12.2. The van der Waals surface area contributed by atoms with Crippen molar-refractivity contribution in [3.8, 4) is 5.75 Å². The molecular formula is C12H17N3O5S. The lowest BCUT2D eigenvalue weighted by Gasteiger charge is -2.33. The van der Waals surface area contributed by atoms with Crippen LogP contribution in [-0.2, 0) is 10.1 Å². The van der Waals surface area contributed by atoms with Gasteiger partial charge in [0.05, 0.1) is 19.4 Å². The van der Waals surface area contributed by atoms with Crippen molar-refractivity contribution >= 4 is 15.8 Å². The van der Waals surface area contributed by atoms with Gasteiger partial charge in [0, 0.05) is 25.4 Å². The molecule has 2 rings (SSSR count). The van der Waals surface area contributed by atoms with Crippen molar-refractivity contribution in [2.45, 2.75) is 4.90 Å². The van der Waals surface area contributed by atoms with E-state index in [0.29, 0.717) is 18.8 Å². The number of hydrogen-bond donors (Lipinski definition) is 3. The number of benzene rings is 1. The summed E-state index contributed by atoms with van der Waals surface area (Å²) in [6, 6.07) is 4.34. The van der Waals surface area contributed by atoms with Crippen LogP contribution in [0.1, 0.15) is 0 Å². The molecule has 116 valence electrons. The standard InChI is InChI=1S/C12H17N3O5S/c1-20-10-3-4-11(12(9-10)21(17,18)19)15-6-2-5-14(13-15)7-8-16/h2-4,6,9,13,16H,5,7-8H2,1H3,(H,17,18,19). The first kappa shape index (κ1) is 15.7. The van der Waals surface area contributed by atoms with Gasteiger partial charge in [0.15, 0.2) is 0 Å². The SMILES string of the molecule is COc1ccc(N2C=CCN(CCO)N2)c(S(=O)(=O)O)c1. The van der Waals surface area contributed by atoms with Gasteiger partial charge in [0.2, 0.25) is 0 Å². The first-order chi connectivity index (χ1) is 9.95. The van der Waals surface area contributed by atoms with E-state index in [9.17, 15) is 13.0 Å². The lowest BCUT2D eigenvalue weighted by Crippen LogP contribution is -2.51. The van der Waals surface area contributed by atoms with Crippen LogP contribution in [0, 0.1) is 0 Å². The number of hydrogen-bond acceptors (Lipinski definition) is 7. The van der Waals surface area contributed by atoms with E-state index < -0.39 is 10.1 Å². The molecule has 0 spiro atoms. The lowest BCUT2D eigenvalue weighted by molar-refractivity contribution is 0.150. The summed E-state index contributed by atoms with van der Waals surface area (Å²) in [5.41, 5.74) is 3.17. The Bertz CT molecular complexity index is 632. The Morgan fingerprint density at radius 3 is 2.81 bits per heavy atom. The van der Waals surface area contributed by atoms with Gasteiger partial charge < -0.3 is 9.84 Å². The number of nitrogens with zero attached hydrogens (tertiary/aromatic N) is 2. The molecule has 1 aromatic carbocycles. The van der Waals surface area contributed by atoms with E-state index in [1.54, 1.807) is 23.4 Å². The molecule has 0 atom stereocenters. The average Bonchev–Trinajstić information content (AvgIpc) is 2.46. The molecule has 0 amide bonds. The molecule has 3 N–H and O–H groups in total. The molecule has 9 heteroatoms. The number of rotatable bonds is 5. The highest BCUT2D eigenvalue weighted by Crippen LogP contribution is 2.29. The van der Waals surface area contributed by atoms with Gasteiger partial charge in [0.1, 0.15) is 10.6 Å². The first-order valence-electron chi connectivity index (χ1n) is 6.19. The normalized spacial score (nSPS) is 16.2. The molecule has 0 saturated carbocycles. The Hall–Kier alpha value is -1.65. The van der Waals surface area contributed by atoms with Gasteiger partial charge in [-0.25, -0.2) is 5.01 Å². The molecule has 0 radical (unpaired) electrons. The third kappa shape index (κ3) is 3.71. The molecule has 21 heavy (non-hydrogen) atoms. The third-order valence-corrected chi connectivity index (χ3v) is 3.79. The van der Waals surface area contributed by atoms with E-state index in [0.717, 1.165) is 0 Å². The molecular weight excluding hydrogens is 298 g/mol. The summed E-state index contributed by atoms with van der Waals surface area (Å²) in [6.45, 7) is 0.898. The van der Waals surface area contributed by atoms with Crippen molar-refractivity contribution in [1.82, 2.24) is 10.5 Å². The number of aliphatic hydroxyl groups excluding tert-OH is 1. The summed E-state index contributed by atoms with van der Waals surface area (Å²) in [4.78, 5) is -0.273. The van der Waals surface area contributed by atoms with Crippen LogP contribution < -0.4 is 15.3 Å². The second-order valence-electron chi connectivity index (χ2n) is 4.33. The predicted molar refractivity (Wildman–Crippen MR) is 76.2 cm³/mol. The minimum Gasteiger partial charge on any atom is -0.497 e. The van der Waals surface area contributed by atoms with Gasteiger partial charge in [0.25, 0.3) is 10.1 Å². The van der Waals surface area contributed by atoms with Gasteiger partial charge in [-0.2, -0.15) is 14.0 Å². The van der Waals surface area contributed by atoms with E-state index >= 15 is 0 Å². The molecule has 0 bridgehead atoms. The Kier molecular flexibility index (Phi) is 4.80. The van der Waals surface area contributed by atoms with Crippen molar-refractivity contribution in [2.24, 2.45) is 0 Å². The fraction of sp³-hybridized carbons (Fsp3) is 0.333. The van der Waals surface area contributed by atoms with Crippen LogP contribution in [0.15, 0.2) is 35.4 Å². The fourth-order valence-corrected chi connectivity index (χ4v) is 2.63. The molecule has 0 unspecified atom stereocenters. The topological polar surface area (TPSA) is 102 Å². The van der Waals surface area contributed by atoms with Crippen LogP contribution in [0.3, 0.4) is 0 Å². The van der Waals surface area contributed by atoms with Crippen LogP contribution in [0.5, 0.6) is 5.75 Å². The quantitative estimate of drug-likeness (QED) is 0.652. The number of β-amino-alcohol motifs (C(OH)–C–C–N with tert-alkyl or cyclic N) is 1. The monoisotopic (exact) mass is 315 g/mol. The van der Waals surface area contributed by atoms with Crippen LogP contribution in [0.25, 0.3) is 0 Å². The maximum absolute atomic E-state index is 11.5. The fourth-order valence-electron chi connectivity index (χ4n) is 1.93. The summed E-state index contributed by atoms with van der Waals surface area (Å²) >= 11 is 0. The second kappa shape index (κ2) is 6.41. The summed E-state index contributed by atoms with van der Waals surface area (Å²) in [5.74, 6) is 0.319. The molecule has 0 aliphatic carbocycles. The summed E-state index contributed by atoms with van der Waals surface area (Å²) in [5, 5.41) is 12.1. The van der Waals surface area contributed by atoms with Crippen molar-refractivity contribution in [3.05, 3.63) is 30.5 Å². The maximum atomic E-state index is 11.5. The largest absolute Gasteiger partial charge is 0.497 e. The molecule has 1 aliphatic rings. The van der Waals surface area contributed by atoms with E-state index in [1.807, 2.05) is 0 Å².